The van der Waals surface area contributed by atoms with Crippen molar-refractivity contribution in [2.75, 3.05) is 37.5 Å². The molecule has 1 atom stereocenters. The van der Waals surface area contributed by atoms with Crippen LogP contribution in [0.2, 0.25) is 0 Å². The molecule has 1 saturated heterocycles. The maximum absolute atomic E-state index is 12.9. The zero-order valence-electron chi connectivity index (χ0n) is 17.8. The van der Waals surface area contributed by atoms with Crippen LogP contribution < -0.4 is 30.9 Å². The molecule has 9 nitrogen and oxygen atoms in total. The van der Waals surface area contributed by atoms with Gasteiger partial charge in [-0.25, -0.2) is 4.79 Å². The Morgan fingerprint density at radius 3 is 2.40 bits per heavy atom. The fourth-order valence-corrected chi connectivity index (χ4v) is 3.74. The molecule has 0 spiro atoms. The second-order valence-electron chi connectivity index (χ2n) is 7.30. The molecular weight excluding hydrogens is 388 g/mol. The lowest BCUT2D eigenvalue weighted by molar-refractivity contribution is -0.120. The number of anilines is 2. The van der Waals surface area contributed by atoms with Gasteiger partial charge in [0, 0.05) is 56.6 Å². The van der Waals surface area contributed by atoms with Crippen molar-refractivity contribution >= 4 is 17.4 Å². The molecule has 2 heterocycles. The second kappa shape index (κ2) is 9.06. The zero-order valence-corrected chi connectivity index (χ0v) is 17.8. The fraction of sp³-hybridized carbons (Fsp3) is 0.476. The summed E-state index contributed by atoms with van der Waals surface area (Å²) in [6, 6.07) is 6.67. The minimum atomic E-state index is -0.352. The average molecular weight is 416 g/mol. The largest absolute Gasteiger partial charge is 0.497 e. The Balaban J connectivity index is 1.81. The molecule has 0 bridgehead atoms. The zero-order chi connectivity index (χ0) is 21.8. The van der Waals surface area contributed by atoms with Gasteiger partial charge in [0.05, 0.1) is 20.1 Å². The Hall–Kier alpha value is -3.23. The lowest BCUT2D eigenvalue weighted by Crippen LogP contribution is -2.46. The molecule has 0 aliphatic carbocycles. The highest BCUT2D eigenvalue weighted by Crippen LogP contribution is 2.27. The van der Waals surface area contributed by atoms with Crippen LogP contribution in [0.5, 0.6) is 11.5 Å². The van der Waals surface area contributed by atoms with E-state index in [1.165, 1.54) is 13.1 Å². The van der Waals surface area contributed by atoms with Crippen molar-refractivity contribution in [1.82, 2.24) is 9.13 Å². The quantitative estimate of drug-likeness (QED) is 0.766. The van der Waals surface area contributed by atoms with Crippen molar-refractivity contribution in [1.29, 1.82) is 0 Å². The van der Waals surface area contributed by atoms with Crippen molar-refractivity contribution in [3.8, 4) is 11.5 Å². The first-order valence-corrected chi connectivity index (χ1v) is 9.97. The van der Waals surface area contributed by atoms with Gasteiger partial charge in [0.1, 0.15) is 17.3 Å². The van der Waals surface area contributed by atoms with E-state index in [0.29, 0.717) is 42.6 Å². The summed E-state index contributed by atoms with van der Waals surface area (Å²) in [7, 11) is 4.57. The maximum atomic E-state index is 12.9. The van der Waals surface area contributed by atoms with E-state index in [9.17, 15) is 14.4 Å². The van der Waals surface area contributed by atoms with Crippen LogP contribution in [0.1, 0.15) is 19.8 Å². The highest BCUT2D eigenvalue weighted by Gasteiger charge is 2.28. The van der Waals surface area contributed by atoms with E-state index in [0.717, 1.165) is 17.4 Å². The average Bonchev–Trinajstić information content (AvgIpc) is 2.77. The number of hydrogen-bond acceptors (Lipinski definition) is 6. The van der Waals surface area contributed by atoms with Gasteiger partial charge >= 0.3 is 5.69 Å². The van der Waals surface area contributed by atoms with E-state index in [2.05, 4.69) is 5.32 Å². The minimum absolute atomic E-state index is 0.121. The summed E-state index contributed by atoms with van der Waals surface area (Å²) in [5.41, 5.74) is -0.114. The molecule has 1 fully saturated rings. The molecule has 30 heavy (non-hydrogen) atoms. The Labute approximate surface area is 174 Å². The van der Waals surface area contributed by atoms with E-state index >= 15 is 0 Å². The number of amides is 1. The number of carbonyl (C=O) groups excluding carboxylic acids is 1. The molecule has 0 saturated carbocycles. The van der Waals surface area contributed by atoms with Crippen LogP contribution in [0, 0.1) is 5.92 Å². The topological polar surface area (TPSA) is 94.8 Å². The molecular formula is C21H28N4O5. The van der Waals surface area contributed by atoms with Gasteiger partial charge in [-0.15, -0.1) is 0 Å². The molecule has 1 aliphatic rings. The van der Waals surface area contributed by atoms with Gasteiger partial charge in [-0.3, -0.25) is 18.7 Å². The third kappa shape index (κ3) is 4.34. The van der Waals surface area contributed by atoms with Gasteiger partial charge < -0.3 is 19.7 Å². The Bertz CT molecular complexity index is 1020. The Kier molecular flexibility index (Phi) is 6.49. The lowest BCUT2D eigenvalue weighted by atomic mass is 9.97. The Morgan fingerprint density at radius 1 is 1.13 bits per heavy atom. The number of ether oxygens (including phenoxy) is 2. The smallest absolute Gasteiger partial charge is 0.332 e. The van der Waals surface area contributed by atoms with Gasteiger partial charge in [-0.1, -0.05) is 0 Å². The van der Waals surface area contributed by atoms with Gasteiger partial charge in [0.15, 0.2) is 0 Å². The molecule has 3 rings (SSSR count). The van der Waals surface area contributed by atoms with Crippen LogP contribution in [-0.4, -0.2) is 42.4 Å². The first-order valence-electron chi connectivity index (χ1n) is 9.97. The van der Waals surface area contributed by atoms with Crippen LogP contribution in [0.3, 0.4) is 0 Å². The Morgan fingerprint density at radius 2 is 1.80 bits per heavy atom. The second-order valence-corrected chi connectivity index (χ2v) is 7.30. The van der Waals surface area contributed by atoms with Crippen molar-refractivity contribution in [2.45, 2.75) is 26.3 Å². The van der Waals surface area contributed by atoms with E-state index in [1.54, 1.807) is 37.0 Å². The first-order chi connectivity index (χ1) is 14.4. The summed E-state index contributed by atoms with van der Waals surface area (Å²) in [5, 5.41) is 2.93. The monoisotopic (exact) mass is 416 g/mol. The third-order valence-electron chi connectivity index (χ3n) is 5.43. The van der Waals surface area contributed by atoms with Crippen molar-refractivity contribution in [2.24, 2.45) is 13.0 Å². The van der Waals surface area contributed by atoms with E-state index in [4.69, 9.17) is 9.47 Å². The number of aromatic nitrogens is 2. The number of hydrogen-bond donors (Lipinski definition) is 1. The molecule has 1 unspecified atom stereocenters. The highest BCUT2D eigenvalue weighted by atomic mass is 16.5. The van der Waals surface area contributed by atoms with Crippen LogP contribution in [-0.2, 0) is 18.4 Å². The summed E-state index contributed by atoms with van der Waals surface area (Å²) >= 11 is 0. The predicted molar refractivity (Wildman–Crippen MR) is 115 cm³/mol. The molecule has 1 aliphatic heterocycles. The minimum Gasteiger partial charge on any atom is -0.497 e. The molecule has 1 amide bonds. The van der Waals surface area contributed by atoms with Crippen molar-refractivity contribution in [3.05, 3.63) is 45.1 Å². The SMILES string of the molecule is CCn1c(N2CCCC(C(=O)Nc3cc(OC)cc(OC)c3)C2)cc(=O)n(C)c1=O. The van der Waals surface area contributed by atoms with Gasteiger partial charge in [0.25, 0.3) is 5.56 Å². The molecule has 1 aromatic carbocycles. The number of rotatable bonds is 6. The fourth-order valence-electron chi connectivity index (χ4n) is 3.74. The number of methoxy groups -OCH3 is 2. The number of piperidine rings is 1. The first kappa shape index (κ1) is 21.5. The third-order valence-corrected chi connectivity index (χ3v) is 5.43. The summed E-state index contributed by atoms with van der Waals surface area (Å²) in [5.74, 6) is 1.33. The summed E-state index contributed by atoms with van der Waals surface area (Å²) in [6.07, 6.45) is 1.51. The highest BCUT2D eigenvalue weighted by molar-refractivity contribution is 5.93. The summed E-state index contributed by atoms with van der Waals surface area (Å²) < 4.78 is 13.2. The molecule has 0 radical (unpaired) electrons. The van der Waals surface area contributed by atoms with Crippen LogP contribution >= 0.6 is 0 Å². The van der Waals surface area contributed by atoms with Crippen LogP contribution in [0.4, 0.5) is 11.5 Å². The summed E-state index contributed by atoms with van der Waals surface area (Å²) in [4.78, 5) is 39.5. The van der Waals surface area contributed by atoms with Crippen molar-refractivity contribution in [3.63, 3.8) is 0 Å². The molecule has 1 aromatic heterocycles. The number of benzene rings is 1. The van der Waals surface area contributed by atoms with Gasteiger partial charge in [-0.05, 0) is 19.8 Å². The number of nitrogens with one attached hydrogen (secondary N) is 1. The molecule has 9 heteroatoms. The van der Waals surface area contributed by atoms with E-state index in [1.807, 2.05) is 11.8 Å². The molecule has 2 aromatic rings. The van der Waals surface area contributed by atoms with E-state index in [-0.39, 0.29) is 23.1 Å². The lowest BCUT2D eigenvalue weighted by Gasteiger charge is -2.34. The normalized spacial score (nSPS) is 16.3. The van der Waals surface area contributed by atoms with Crippen LogP contribution in [0.25, 0.3) is 0 Å². The molecule has 162 valence electrons. The maximum Gasteiger partial charge on any atom is 0.332 e. The predicted octanol–water partition coefficient (Wildman–Crippen LogP) is 1.44. The van der Waals surface area contributed by atoms with Crippen LogP contribution in [0.15, 0.2) is 33.9 Å². The van der Waals surface area contributed by atoms with Gasteiger partial charge in [-0.2, -0.15) is 0 Å². The molecule has 1 N–H and O–H groups in total. The van der Waals surface area contributed by atoms with Gasteiger partial charge in [0.2, 0.25) is 5.91 Å². The summed E-state index contributed by atoms with van der Waals surface area (Å²) in [6.45, 7) is 3.42. The van der Waals surface area contributed by atoms with Crippen molar-refractivity contribution < 1.29 is 14.3 Å². The van der Waals surface area contributed by atoms with E-state index < -0.39 is 0 Å². The number of carbonyl (C=O) groups is 1. The standard InChI is InChI=1S/C21H28N4O5/c1-5-25-18(12-19(26)23(2)21(25)28)24-8-6-7-14(13-24)20(27)22-15-9-16(29-3)11-17(10-15)30-4/h9-12,14H,5-8,13H2,1-4H3,(H,22,27). The number of nitrogens with zero attached hydrogens (tertiary/aromatic N) is 3.